The van der Waals surface area contributed by atoms with Gasteiger partial charge >= 0.3 is 0 Å². The molecular weight excluding hydrogens is 304 g/mol. The number of rotatable bonds is 18. The molecule has 148 valence electrons. The van der Waals surface area contributed by atoms with E-state index in [4.69, 9.17) is 5.11 Å². The Kier molecular flexibility index (Phi) is 19.2. The number of unbranched alkanes of at least 4 members (excludes halogenated alkanes) is 13. The lowest BCUT2D eigenvalue weighted by Crippen LogP contribution is -2.10. The molecule has 0 rings (SSSR count). The molecule has 25 heavy (non-hydrogen) atoms. The highest BCUT2D eigenvalue weighted by molar-refractivity contribution is 4.98. The summed E-state index contributed by atoms with van der Waals surface area (Å²) >= 11 is 0. The fourth-order valence-electron chi connectivity index (χ4n) is 3.70. The standard InChI is InChI=1S/C24H46O/c1-4-6-8-10-12-13-14-16-18-20-24(21-22-25)23(3)19-17-15-11-9-7-5-2/h23-25H,4-20H2,1-3H3. The van der Waals surface area contributed by atoms with Crippen molar-refractivity contribution in [2.45, 2.75) is 130 Å². The molecule has 0 saturated heterocycles. The molecule has 1 nitrogen and oxygen atoms in total. The third-order valence-corrected chi connectivity index (χ3v) is 5.57. The zero-order chi connectivity index (χ0) is 18.6. The van der Waals surface area contributed by atoms with Crippen LogP contribution in [0.3, 0.4) is 0 Å². The molecule has 0 saturated carbocycles. The van der Waals surface area contributed by atoms with Crippen LogP contribution < -0.4 is 0 Å². The van der Waals surface area contributed by atoms with E-state index in [9.17, 15) is 0 Å². The monoisotopic (exact) mass is 350 g/mol. The zero-order valence-corrected chi connectivity index (χ0v) is 17.6. The highest BCUT2D eigenvalue weighted by atomic mass is 16.2. The van der Waals surface area contributed by atoms with Crippen molar-refractivity contribution in [2.75, 3.05) is 0 Å². The summed E-state index contributed by atoms with van der Waals surface area (Å²) in [5.74, 6) is 4.09. The van der Waals surface area contributed by atoms with Crippen molar-refractivity contribution in [3.8, 4) is 12.0 Å². The van der Waals surface area contributed by atoms with Gasteiger partial charge in [-0.25, -0.2) is 0 Å². The summed E-state index contributed by atoms with van der Waals surface area (Å²) in [6.07, 6.45) is 25.2. The van der Waals surface area contributed by atoms with E-state index in [0.29, 0.717) is 11.8 Å². The molecule has 0 aromatic heterocycles. The first-order chi connectivity index (χ1) is 12.3. The molecule has 0 aliphatic carbocycles. The molecule has 0 aromatic rings. The maximum atomic E-state index is 9.04. The largest absolute Gasteiger partial charge is 0.462 e. The van der Waals surface area contributed by atoms with Gasteiger partial charge < -0.3 is 5.11 Å². The fourth-order valence-corrected chi connectivity index (χ4v) is 3.70. The fraction of sp³-hybridized carbons (Fsp3) is 0.917. The Balaban J connectivity index is 3.69. The first kappa shape index (κ1) is 24.4. The van der Waals surface area contributed by atoms with E-state index in [0.717, 1.165) is 0 Å². The van der Waals surface area contributed by atoms with Crippen molar-refractivity contribution < 1.29 is 5.11 Å². The molecule has 0 aliphatic rings. The van der Waals surface area contributed by atoms with Gasteiger partial charge in [0, 0.05) is 5.92 Å². The van der Waals surface area contributed by atoms with Crippen molar-refractivity contribution in [3.63, 3.8) is 0 Å². The summed E-state index contributed by atoms with van der Waals surface area (Å²) in [5.41, 5.74) is 0. The molecule has 0 radical (unpaired) electrons. The summed E-state index contributed by atoms with van der Waals surface area (Å²) in [6.45, 7) is 6.88. The highest BCUT2D eigenvalue weighted by Crippen LogP contribution is 2.24. The van der Waals surface area contributed by atoms with E-state index in [1.54, 1.807) is 0 Å². The van der Waals surface area contributed by atoms with E-state index >= 15 is 0 Å². The van der Waals surface area contributed by atoms with Crippen LogP contribution in [0.2, 0.25) is 0 Å². The highest BCUT2D eigenvalue weighted by Gasteiger charge is 2.14. The van der Waals surface area contributed by atoms with Crippen molar-refractivity contribution in [3.05, 3.63) is 0 Å². The van der Waals surface area contributed by atoms with Crippen molar-refractivity contribution in [1.82, 2.24) is 0 Å². The van der Waals surface area contributed by atoms with Crippen LogP contribution in [0.5, 0.6) is 0 Å². The summed E-state index contributed by atoms with van der Waals surface area (Å²) < 4.78 is 0. The van der Waals surface area contributed by atoms with Gasteiger partial charge in [0.05, 0.1) is 0 Å². The predicted molar refractivity (Wildman–Crippen MR) is 112 cm³/mol. The zero-order valence-electron chi connectivity index (χ0n) is 17.6. The maximum absolute atomic E-state index is 9.04. The first-order valence-corrected chi connectivity index (χ1v) is 11.4. The summed E-state index contributed by atoms with van der Waals surface area (Å²) in [7, 11) is 0. The summed E-state index contributed by atoms with van der Waals surface area (Å²) in [5, 5.41) is 9.04. The van der Waals surface area contributed by atoms with Gasteiger partial charge in [0.1, 0.15) is 6.11 Å². The molecule has 1 N–H and O–H groups in total. The van der Waals surface area contributed by atoms with Gasteiger partial charge in [-0.1, -0.05) is 123 Å². The normalized spacial score (nSPS) is 13.2. The minimum atomic E-state index is 0.394. The average molecular weight is 351 g/mol. The molecule has 0 heterocycles. The Bertz CT molecular complexity index is 312. The molecular formula is C24H46O. The van der Waals surface area contributed by atoms with Crippen molar-refractivity contribution in [2.24, 2.45) is 11.8 Å². The van der Waals surface area contributed by atoms with Gasteiger partial charge in [0.15, 0.2) is 0 Å². The van der Waals surface area contributed by atoms with Gasteiger partial charge in [0.25, 0.3) is 0 Å². The Morgan fingerprint density at radius 1 is 0.600 bits per heavy atom. The minimum Gasteiger partial charge on any atom is -0.462 e. The molecule has 0 aromatic carbocycles. The van der Waals surface area contributed by atoms with Gasteiger partial charge in [-0.2, -0.15) is 0 Å². The number of hydrogen-bond donors (Lipinski definition) is 1. The van der Waals surface area contributed by atoms with Gasteiger partial charge in [-0.3, -0.25) is 0 Å². The van der Waals surface area contributed by atoms with Gasteiger partial charge in [-0.05, 0) is 18.8 Å². The SMILES string of the molecule is CCCCCCCCCCCC(C#CO)C(C)CCCCCCCC. The lowest BCUT2D eigenvalue weighted by Gasteiger charge is -2.19. The molecule has 0 amide bonds. The maximum Gasteiger partial charge on any atom is 0.107 e. The molecule has 0 fully saturated rings. The van der Waals surface area contributed by atoms with Crippen molar-refractivity contribution in [1.29, 1.82) is 0 Å². The Labute approximate surface area is 159 Å². The van der Waals surface area contributed by atoms with E-state index < -0.39 is 0 Å². The predicted octanol–water partition coefficient (Wildman–Crippen LogP) is 8.24. The van der Waals surface area contributed by atoms with E-state index in [-0.39, 0.29) is 0 Å². The minimum absolute atomic E-state index is 0.394. The Morgan fingerprint density at radius 2 is 1.00 bits per heavy atom. The average Bonchev–Trinajstić information content (AvgIpc) is 2.62. The van der Waals surface area contributed by atoms with E-state index in [1.165, 1.54) is 109 Å². The van der Waals surface area contributed by atoms with Crippen LogP contribution in [-0.2, 0) is 0 Å². The molecule has 1 heteroatoms. The van der Waals surface area contributed by atoms with Gasteiger partial charge in [-0.15, -0.1) is 0 Å². The third kappa shape index (κ3) is 16.6. The van der Waals surface area contributed by atoms with E-state index in [1.807, 2.05) is 0 Å². The van der Waals surface area contributed by atoms with Crippen LogP contribution in [0.15, 0.2) is 0 Å². The lowest BCUT2D eigenvalue weighted by atomic mass is 9.85. The quantitative estimate of drug-likeness (QED) is 0.195. The number of aliphatic hydroxyl groups excluding tert-OH is 1. The van der Waals surface area contributed by atoms with Gasteiger partial charge in [0.2, 0.25) is 0 Å². The van der Waals surface area contributed by atoms with Crippen LogP contribution in [0.25, 0.3) is 0 Å². The molecule has 2 atom stereocenters. The van der Waals surface area contributed by atoms with Crippen LogP contribution in [0.4, 0.5) is 0 Å². The molecule has 0 spiro atoms. The van der Waals surface area contributed by atoms with Crippen LogP contribution in [0.1, 0.15) is 130 Å². The number of hydrogen-bond acceptors (Lipinski definition) is 1. The van der Waals surface area contributed by atoms with Crippen molar-refractivity contribution >= 4 is 0 Å². The Hall–Kier alpha value is -0.640. The second-order valence-corrected chi connectivity index (χ2v) is 8.01. The first-order valence-electron chi connectivity index (χ1n) is 11.4. The molecule has 0 bridgehead atoms. The number of aliphatic hydroxyl groups is 1. The summed E-state index contributed by atoms with van der Waals surface area (Å²) in [4.78, 5) is 0. The molecule has 0 aliphatic heterocycles. The second-order valence-electron chi connectivity index (χ2n) is 8.01. The lowest BCUT2D eigenvalue weighted by molar-refractivity contribution is 0.360. The van der Waals surface area contributed by atoms with Crippen LogP contribution in [0, 0.1) is 23.9 Å². The molecule has 2 unspecified atom stereocenters. The van der Waals surface area contributed by atoms with E-state index in [2.05, 4.69) is 32.8 Å². The smallest absolute Gasteiger partial charge is 0.107 e. The van der Waals surface area contributed by atoms with Crippen LogP contribution >= 0.6 is 0 Å². The summed E-state index contributed by atoms with van der Waals surface area (Å²) in [6, 6.07) is 0. The van der Waals surface area contributed by atoms with Crippen LogP contribution in [-0.4, -0.2) is 5.11 Å². The Morgan fingerprint density at radius 3 is 1.44 bits per heavy atom. The third-order valence-electron chi connectivity index (χ3n) is 5.57. The topological polar surface area (TPSA) is 20.2 Å². The second kappa shape index (κ2) is 19.7.